The van der Waals surface area contributed by atoms with Gasteiger partial charge in [-0.25, -0.2) is 9.97 Å². The Balaban J connectivity index is 2.59. The Morgan fingerprint density at radius 2 is 1.95 bits per heavy atom. The van der Waals surface area contributed by atoms with Gasteiger partial charge in [-0.2, -0.15) is 0 Å². The molecule has 0 unspecified atom stereocenters. The summed E-state index contributed by atoms with van der Waals surface area (Å²) < 4.78 is 5.28. The third kappa shape index (κ3) is 3.15. The molecular weight excluding hydrogens is 262 g/mol. The van der Waals surface area contributed by atoms with E-state index in [1.54, 1.807) is 7.11 Å². The van der Waals surface area contributed by atoms with Gasteiger partial charge in [0.15, 0.2) is 0 Å². The average Bonchev–Trinajstić information content (AvgIpc) is 2.49. The second-order valence-corrected chi connectivity index (χ2v) is 5.14. The molecule has 4 nitrogen and oxygen atoms in total. The summed E-state index contributed by atoms with van der Waals surface area (Å²) in [5.74, 6) is 2.65. The summed E-state index contributed by atoms with van der Waals surface area (Å²) >= 11 is 0. The predicted molar refractivity (Wildman–Crippen MR) is 87.0 cm³/mol. The zero-order valence-electron chi connectivity index (χ0n) is 13.4. The molecule has 1 heterocycles. The van der Waals surface area contributed by atoms with Crippen LogP contribution in [-0.4, -0.2) is 24.1 Å². The van der Waals surface area contributed by atoms with Crippen molar-refractivity contribution in [2.24, 2.45) is 0 Å². The summed E-state index contributed by atoms with van der Waals surface area (Å²) in [7, 11) is 3.58. The van der Waals surface area contributed by atoms with Gasteiger partial charge in [-0.15, -0.1) is 0 Å². The highest BCUT2D eigenvalue weighted by Gasteiger charge is 2.13. The monoisotopic (exact) mass is 285 g/mol. The van der Waals surface area contributed by atoms with E-state index in [2.05, 4.69) is 37.1 Å². The Kier molecular flexibility index (Phi) is 4.78. The van der Waals surface area contributed by atoms with Gasteiger partial charge in [0, 0.05) is 24.6 Å². The van der Waals surface area contributed by atoms with Crippen molar-refractivity contribution in [1.29, 1.82) is 0 Å². The minimum absolute atomic E-state index is 0.866. The van der Waals surface area contributed by atoms with E-state index in [1.807, 2.05) is 19.2 Å². The maximum atomic E-state index is 5.28. The number of hydrogen-bond acceptors (Lipinski definition) is 4. The normalized spacial score (nSPS) is 10.5. The van der Waals surface area contributed by atoms with Crippen molar-refractivity contribution >= 4 is 5.82 Å². The second kappa shape index (κ2) is 6.57. The molecule has 4 heteroatoms. The van der Waals surface area contributed by atoms with Crippen molar-refractivity contribution < 1.29 is 4.74 Å². The minimum atomic E-state index is 0.866. The van der Waals surface area contributed by atoms with E-state index < -0.39 is 0 Å². The molecule has 0 atom stereocenters. The Morgan fingerprint density at radius 3 is 2.52 bits per heavy atom. The zero-order chi connectivity index (χ0) is 15.4. The quantitative estimate of drug-likeness (QED) is 0.908. The number of anilines is 1. The Hall–Kier alpha value is -2.10. The van der Waals surface area contributed by atoms with Crippen molar-refractivity contribution in [2.45, 2.75) is 33.6 Å². The van der Waals surface area contributed by atoms with Crippen LogP contribution in [0.15, 0.2) is 18.2 Å². The van der Waals surface area contributed by atoms with Crippen LogP contribution in [0.4, 0.5) is 5.82 Å². The smallest absolute Gasteiger partial charge is 0.132 e. The van der Waals surface area contributed by atoms with E-state index >= 15 is 0 Å². The molecule has 2 aromatic rings. The van der Waals surface area contributed by atoms with Crippen LogP contribution in [0.5, 0.6) is 5.75 Å². The minimum Gasteiger partial charge on any atom is -0.497 e. The van der Waals surface area contributed by atoms with E-state index in [1.165, 1.54) is 0 Å². The average molecular weight is 285 g/mol. The molecule has 0 amide bonds. The lowest BCUT2D eigenvalue weighted by Crippen LogP contribution is -2.05. The van der Waals surface area contributed by atoms with Gasteiger partial charge < -0.3 is 10.1 Å². The molecule has 0 saturated heterocycles. The number of methoxy groups -OCH3 is 1. The highest BCUT2D eigenvalue weighted by Crippen LogP contribution is 2.30. The van der Waals surface area contributed by atoms with Crippen molar-refractivity contribution in [1.82, 2.24) is 9.97 Å². The van der Waals surface area contributed by atoms with E-state index in [4.69, 9.17) is 9.72 Å². The van der Waals surface area contributed by atoms with Crippen molar-refractivity contribution in [3.63, 3.8) is 0 Å². The maximum absolute atomic E-state index is 5.28. The number of benzene rings is 1. The molecule has 2 rings (SSSR count). The number of nitrogens with one attached hydrogen (secondary N) is 1. The van der Waals surface area contributed by atoms with Crippen LogP contribution >= 0.6 is 0 Å². The van der Waals surface area contributed by atoms with Crippen LogP contribution in [0, 0.1) is 13.8 Å². The molecule has 0 aliphatic heterocycles. The molecule has 0 bridgehead atoms. The lowest BCUT2D eigenvalue weighted by molar-refractivity contribution is 0.414. The van der Waals surface area contributed by atoms with Gasteiger partial charge in [0.2, 0.25) is 0 Å². The highest BCUT2D eigenvalue weighted by molar-refractivity contribution is 5.71. The molecule has 0 fully saturated rings. The second-order valence-electron chi connectivity index (χ2n) is 5.14. The topological polar surface area (TPSA) is 47.0 Å². The molecule has 1 aromatic carbocycles. The summed E-state index contributed by atoms with van der Waals surface area (Å²) in [5.41, 5.74) is 4.36. The van der Waals surface area contributed by atoms with E-state index in [-0.39, 0.29) is 0 Å². The van der Waals surface area contributed by atoms with Crippen LogP contribution < -0.4 is 10.1 Å². The fraction of sp³-hybridized carbons (Fsp3) is 0.412. The molecule has 0 saturated carbocycles. The predicted octanol–water partition coefficient (Wildman–Crippen LogP) is 3.76. The largest absolute Gasteiger partial charge is 0.497 e. The fourth-order valence-electron chi connectivity index (χ4n) is 2.43. The maximum Gasteiger partial charge on any atom is 0.132 e. The van der Waals surface area contributed by atoms with E-state index in [0.29, 0.717) is 0 Å². The molecule has 0 spiro atoms. The van der Waals surface area contributed by atoms with Crippen LogP contribution in [0.3, 0.4) is 0 Å². The molecule has 0 aliphatic rings. The number of aromatic nitrogens is 2. The first-order valence-electron chi connectivity index (χ1n) is 7.31. The molecule has 112 valence electrons. The van der Waals surface area contributed by atoms with Crippen molar-refractivity contribution in [3.8, 4) is 17.0 Å². The molecule has 1 aromatic heterocycles. The highest BCUT2D eigenvalue weighted by atomic mass is 16.5. The summed E-state index contributed by atoms with van der Waals surface area (Å²) in [5, 5.41) is 3.17. The van der Waals surface area contributed by atoms with Crippen LogP contribution in [0.2, 0.25) is 0 Å². The van der Waals surface area contributed by atoms with Gasteiger partial charge in [0.25, 0.3) is 0 Å². The molecular formula is C17H23N3O. The molecule has 0 radical (unpaired) electrons. The molecule has 1 N–H and O–H groups in total. The van der Waals surface area contributed by atoms with Crippen LogP contribution in [0.1, 0.15) is 30.3 Å². The summed E-state index contributed by atoms with van der Waals surface area (Å²) in [6.07, 6.45) is 1.92. The zero-order valence-corrected chi connectivity index (χ0v) is 13.4. The Bertz CT molecular complexity index is 638. The molecule has 0 aliphatic carbocycles. The third-order valence-corrected chi connectivity index (χ3v) is 3.59. The van der Waals surface area contributed by atoms with Gasteiger partial charge in [-0.3, -0.25) is 0 Å². The first kappa shape index (κ1) is 15.3. The van der Waals surface area contributed by atoms with E-state index in [9.17, 15) is 0 Å². The van der Waals surface area contributed by atoms with Crippen LogP contribution in [-0.2, 0) is 6.42 Å². The lowest BCUT2D eigenvalue weighted by atomic mass is 10.0. The van der Waals surface area contributed by atoms with Gasteiger partial charge in [0.1, 0.15) is 17.4 Å². The Labute approximate surface area is 126 Å². The number of rotatable bonds is 5. The lowest BCUT2D eigenvalue weighted by Gasteiger charge is -2.14. The van der Waals surface area contributed by atoms with Crippen LogP contribution in [0.25, 0.3) is 11.3 Å². The summed E-state index contributed by atoms with van der Waals surface area (Å²) in [6, 6.07) is 6.08. The number of ether oxygens (including phenoxy) is 1. The van der Waals surface area contributed by atoms with Gasteiger partial charge in [-0.1, -0.05) is 6.92 Å². The standard InChI is InChI=1S/C17H23N3O/c1-6-7-15-19-16(12(3)17(18-4)20-15)14-9-8-13(21-5)10-11(14)2/h8-10H,6-7H2,1-5H3,(H,18,19,20). The first-order chi connectivity index (χ1) is 10.1. The number of nitrogens with zero attached hydrogens (tertiary/aromatic N) is 2. The van der Waals surface area contributed by atoms with Gasteiger partial charge in [0.05, 0.1) is 12.8 Å². The fourth-order valence-corrected chi connectivity index (χ4v) is 2.43. The Morgan fingerprint density at radius 1 is 1.19 bits per heavy atom. The summed E-state index contributed by atoms with van der Waals surface area (Å²) in [4.78, 5) is 9.35. The van der Waals surface area contributed by atoms with Gasteiger partial charge >= 0.3 is 0 Å². The first-order valence-corrected chi connectivity index (χ1v) is 7.31. The number of aryl methyl sites for hydroxylation is 2. The van der Waals surface area contributed by atoms with E-state index in [0.717, 1.165) is 52.6 Å². The number of hydrogen-bond donors (Lipinski definition) is 1. The molecule has 21 heavy (non-hydrogen) atoms. The SMILES string of the molecule is CCCc1nc(NC)c(C)c(-c2ccc(OC)cc2C)n1. The van der Waals surface area contributed by atoms with Gasteiger partial charge in [-0.05, 0) is 44.0 Å². The summed E-state index contributed by atoms with van der Waals surface area (Å²) in [6.45, 7) is 6.28. The van der Waals surface area contributed by atoms with Crippen molar-refractivity contribution in [2.75, 3.05) is 19.5 Å². The van der Waals surface area contributed by atoms with Crippen molar-refractivity contribution in [3.05, 3.63) is 35.2 Å². The third-order valence-electron chi connectivity index (χ3n) is 3.59.